The number of nitrogens with one attached hydrogen (secondary N) is 2. The second kappa shape index (κ2) is 7.91. The van der Waals surface area contributed by atoms with Gasteiger partial charge in [-0.2, -0.15) is 18.3 Å². The molecule has 0 saturated heterocycles. The van der Waals surface area contributed by atoms with E-state index in [0.717, 1.165) is 11.8 Å². The van der Waals surface area contributed by atoms with Crippen molar-refractivity contribution in [2.24, 2.45) is 12.0 Å². The summed E-state index contributed by atoms with van der Waals surface area (Å²) in [6.07, 6.45) is -2.79. The number of hydrogen-bond acceptors (Lipinski definition) is 3. The Balaban J connectivity index is 2.05. The minimum absolute atomic E-state index is 0.0239. The molecule has 2 N–H and O–H groups in total. The Bertz CT molecular complexity index is 740. The predicted octanol–water partition coefficient (Wildman–Crippen LogP) is 2.31. The third kappa shape index (κ3) is 4.88. The van der Waals surface area contributed by atoms with Crippen LogP contribution in [0.2, 0.25) is 0 Å². The van der Waals surface area contributed by atoms with E-state index >= 15 is 0 Å². The third-order valence-corrected chi connectivity index (χ3v) is 3.65. The highest BCUT2D eigenvalue weighted by atomic mass is 19.4. The van der Waals surface area contributed by atoms with E-state index in [4.69, 9.17) is 4.74 Å². The van der Waals surface area contributed by atoms with Gasteiger partial charge in [-0.15, -0.1) is 0 Å². The molecule has 0 saturated carbocycles. The zero-order valence-electron chi connectivity index (χ0n) is 14.2. The lowest BCUT2D eigenvalue weighted by Crippen LogP contribution is -2.37. The minimum Gasteiger partial charge on any atom is -0.497 e. The molecule has 0 aliphatic rings. The number of guanidine groups is 1. The Morgan fingerprint density at radius 2 is 1.96 bits per heavy atom. The van der Waals surface area contributed by atoms with Crippen molar-refractivity contribution in [1.82, 2.24) is 20.4 Å². The molecule has 0 unspecified atom stereocenters. The van der Waals surface area contributed by atoms with Crippen molar-refractivity contribution in [3.63, 3.8) is 0 Å². The lowest BCUT2D eigenvalue weighted by molar-refractivity contribution is -0.138. The van der Waals surface area contributed by atoms with Crippen LogP contribution in [0.3, 0.4) is 0 Å². The van der Waals surface area contributed by atoms with Crippen molar-refractivity contribution in [1.29, 1.82) is 0 Å². The first kappa shape index (κ1) is 18.6. The summed E-state index contributed by atoms with van der Waals surface area (Å²) in [6.45, 7) is 0.425. The van der Waals surface area contributed by atoms with Crippen molar-refractivity contribution in [2.75, 3.05) is 14.2 Å². The number of rotatable bonds is 5. The van der Waals surface area contributed by atoms with Crippen molar-refractivity contribution in [2.45, 2.75) is 19.3 Å². The quantitative estimate of drug-likeness (QED) is 0.638. The maximum atomic E-state index is 13.2. The van der Waals surface area contributed by atoms with E-state index in [0.29, 0.717) is 12.5 Å². The van der Waals surface area contributed by atoms with E-state index in [9.17, 15) is 13.2 Å². The van der Waals surface area contributed by atoms with Crippen LogP contribution in [0.5, 0.6) is 5.75 Å². The Morgan fingerprint density at radius 1 is 1.24 bits per heavy atom. The number of aromatic nitrogens is 2. The first-order valence-electron chi connectivity index (χ1n) is 7.50. The number of aliphatic imine (C=N–C) groups is 1. The highest BCUT2D eigenvalue weighted by Crippen LogP contribution is 2.34. The second-order valence-electron chi connectivity index (χ2n) is 5.25. The number of nitrogens with zero attached hydrogens (tertiary/aromatic N) is 3. The first-order valence-corrected chi connectivity index (χ1v) is 7.50. The zero-order valence-corrected chi connectivity index (χ0v) is 14.2. The van der Waals surface area contributed by atoms with Gasteiger partial charge in [0.15, 0.2) is 5.96 Å². The molecule has 1 aromatic heterocycles. The molecule has 0 aliphatic heterocycles. The molecule has 1 heterocycles. The number of methoxy groups -OCH3 is 1. The average molecular weight is 355 g/mol. The molecule has 0 fully saturated rings. The summed E-state index contributed by atoms with van der Waals surface area (Å²) in [7, 11) is 4.69. The minimum atomic E-state index is -4.46. The van der Waals surface area contributed by atoms with Crippen LogP contribution in [0.15, 0.2) is 35.5 Å². The van der Waals surface area contributed by atoms with Crippen LogP contribution >= 0.6 is 0 Å². The van der Waals surface area contributed by atoms with Gasteiger partial charge in [-0.25, -0.2) is 0 Å². The molecule has 0 bridgehead atoms. The van der Waals surface area contributed by atoms with Gasteiger partial charge in [0.25, 0.3) is 0 Å². The largest absolute Gasteiger partial charge is 0.497 e. The fourth-order valence-electron chi connectivity index (χ4n) is 2.25. The molecule has 136 valence electrons. The van der Waals surface area contributed by atoms with Crippen molar-refractivity contribution >= 4 is 5.96 Å². The number of alkyl halides is 3. The van der Waals surface area contributed by atoms with Gasteiger partial charge in [0.1, 0.15) is 5.75 Å². The van der Waals surface area contributed by atoms with Gasteiger partial charge in [0.05, 0.1) is 24.9 Å². The van der Waals surface area contributed by atoms with Crippen LogP contribution in [0.4, 0.5) is 13.2 Å². The molecular weight excluding hydrogens is 335 g/mol. The van der Waals surface area contributed by atoms with Gasteiger partial charge < -0.3 is 15.4 Å². The van der Waals surface area contributed by atoms with Crippen LogP contribution in [0.25, 0.3) is 0 Å². The topological polar surface area (TPSA) is 63.5 Å². The molecule has 1 aromatic carbocycles. The fraction of sp³-hybridized carbons (Fsp3) is 0.375. The van der Waals surface area contributed by atoms with Gasteiger partial charge in [0.2, 0.25) is 0 Å². The molecule has 0 spiro atoms. The summed E-state index contributed by atoms with van der Waals surface area (Å²) < 4.78 is 46.2. The Kier molecular flexibility index (Phi) is 5.89. The SMILES string of the molecule is CN=C(NCc1ccc(OC)cc1C(F)(F)F)NCc1ccnn1C. The second-order valence-corrected chi connectivity index (χ2v) is 5.25. The van der Waals surface area contributed by atoms with Crippen LogP contribution < -0.4 is 15.4 Å². The number of hydrogen-bond donors (Lipinski definition) is 2. The first-order chi connectivity index (χ1) is 11.8. The normalized spacial score (nSPS) is 12.2. The van der Waals surface area contributed by atoms with Gasteiger partial charge in [0, 0.05) is 26.8 Å². The summed E-state index contributed by atoms with van der Waals surface area (Å²) in [5.41, 5.74) is 0.293. The molecule has 2 aromatic rings. The Hall–Kier alpha value is -2.71. The van der Waals surface area contributed by atoms with Gasteiger partial charge in [-0.3, -0.25) is 9.67 Å². The summed E-state index contributed by atoms with van der Waals surface area (Å²) in [5, 5.41) is 9.97. The average Bonchev–Trinajstić information content (AvgIpc) is 2.99. The lowest BCUT2D eigenvalue weighted by Gasteiger charge is -2.16. The van der Waals surface area contributed by atoms with Crippen molar-refractivity contribution in [3.05, 3.63) is 47.3 Å². The van der Waals surface area contributed by atoms with Gasteiger partial charge in [-0.1, -0.05) is 6.07 Å². The molecule has 0 aliphatic carbocycles. The molecule has 2 rings (SSSR count). The molecule has 6 nitrogen and oxygen atoms in total. The van der Waals surface area contributed by atoms with E-state index in [-0.39, 0.29) is 17.9 Å². The smallest absolute Gasteiger partial charge is 0.416 e. The van der Waals surface area contributed by atoms with E-state index < -0.39 is 11.7 Å². The predicted molar refractivity (Wildman–Crippen MR) is 88.2 cm³/mol. The standard InChI is InChI=1S/C16H20F3N5O/c1-20-15(22-10-12-6-7-23-24(12)2)21-9-11-4-5-13(25-3)8-14(11)16(17,18)19/h4-8H,9-10H2,1-3H3,(H2,20,21,22). The number of ether oxygens (including phenoxy) is 1. The van der Waals surface area contributed by atoms with E-state index in [2.05, 4.69) is 20.7 Å². The molecular formula is C16H20F3N5O. The lowest BCUT2D eigenvalue weighted by atomic mass is 10.1. The number of aryl methyl sites for hydroxylation is 1. The molecule has 0 amide bonds. The Labute approximate surface area is 143 Å². The van der Waals surface area contributed by atoms with Gasteiger partial charge >= 0.3 is 6.18 Å². The van der Waals surface area contributed by atoms with Crippen molar-refractivity contribution in [3.8, 4) is 5.75 Å². The number of benzene rings is 1. The monoisotopic (exact) mass is 355 g/mol. The van der Waals surface area contributed by atoms with E-state index in [1.54, 1.807) is 25.0 Å². The highest BCUT2D eigenvalue weighted by Gasteiger charge is 2.33. The van der Waals surface area contributed by atoms with Gasteiger partial charge in [-0.05, 0) is 23.8 Å². The summed E-state index contributed by atoms with van der Waals surface area (Å²) in [6, 6.07) is 5.72. The molecule has 9 heteroatoms. The van der Waals surface area contributed by atoms with Crippen LogP contribution in [0.1, 0.15) is 16.8 Å². The zero-order chi connectivity index (χ0) is 18.4. The van der Waals surface area contributed by atoms with E-state index in [1.165, 1.54) is 19.2 Å². The molecule has 0 atom stereocenters. The molecule has 25 heavy (non-hydrogen) atoms. The molecule has 0 radical (unpaired) electrons. The van der Waals surface area contributed by atoms with Crippen LogP contribution in [-0.4, -0.2) is 29.9 Å². The summed E-state index contributed by atoms with van der Waals surface area (Å²) in [4.78, 5) is 4.02. The van der Waals surface area contributed by atoms with Crippen molar-refractivity contribution < 1.29 is 17.9 Å². The maximum absolute atomic E-state index is 13.2. The number of halogens is 3. The van der Waals surface area contributed by atoms with Crippen LogP contribution in [-0.2, 0) is 26.3 Å². The highest BCUT2D eigenvalue weighted by molar-refractivity contribution is 5.79. The Morgan fingerprint density at radius 3 is 2.52 bits per heavy atom. The van der Waals surface area contributed by atoms with E-state index in [1.807, 2.05) is 6.07 Å². The third-order valence-electron chi connectivity index (χ3n) is 3.65. The van der Waals surface area contributed by atoms with Crippen LogP contribution in [0, 0.1) is 0 Å². The fourth-order valence-corrected chi connectivity index (χ4v) is 2.25. The summed E-state index contributed by atoms with van der Waals surface area (Å²) in [5.74, 6) is 0.555. The maximum Gasteiger partial charge on any atom is 0.416 e. The summed E-state index contributed by atoms with van der Waals surface area (Å²) >= 11 is 0.